The summed E-state index contributed by atoms with van der Waals surface area (Å²) in [6.45, 7) is 9.68. The first-order valence-electron chi connectivity index (χ1n) is 5.51. The molecule has 0 fully saturated rings. The highest BCUT2D eigenvalue weighted by Gasteiger charge is 2.19. The van der Waals surface area contributed by atoms with E-state index in [9.17, 15) is 4.79 Å². The van der Waals surface area contributed by atoms with Gasteiger partial charge in [0.2, 0.25) is 0 Å². The molecule has 0 bridgehead atoms. The Bertz CT molecular complexity index is 197. The van der Waals surface area contributed by atoms with Crippen molar-refractivity contribution in [2.24, 2.45) is 0 Å². The quantitative estimate of drug-likeness (QED) is 0.368. The van der Waals surface area contributed by atoms with Crippen LogP contribution in [-0.2, 0) is 9.47 Å². The Morgan fingerprint density at radius 2 is 2.00 bits per heavy atom. The molecule has 0 unspecified atom stereocenters. The van der Waals surface area contributed by atoms with Crippen molar-refractivity contribution in [2.45, 2.75) is 52.1 Å². The lowest BCUT2D eigenvalue weighted by Crippen LogP contribution is -2.25. The molecule has 0 amide bonds. The molecule has 0 spiro atoms. The molecule has 0 rings (SSSR count). The minimum absolute atomic E-state index is 0.437. The zero-order valence-electron chi connectivity index (χ0n) is 10.0. The van der Waals surface area contributed by atoms with E-state index in [-0.39, 0.29) is 0 Å². The maximum Gasteiger partial charge on any atom is 0.509 e. The fourth-order valence-electron chi connectivity index (χ4n) is 0.970. The maximum atomic E-state index is 11.2. The van der Waals surface area contributed by atoms with Gasteiger partial charge in [0, 0.05) is 0 Å². The molecule has 0 atom stereocenters. The van der Waals surface area contributed by atoms with Crippen LogP contribution in [0.3, 0.4) is 0 Å². The average Bonchev–Trinajstić information content (AvgIpc) is 2.17. The first-order valence-corrected chi connectivity index (χ1v) is 5.51. The Morgan fingerprint density at radius 1 is 1.33 bits per heavy atom. The summed E-state index contributed by atoms with van der Waals surface area (Å²) in [5, 5.41) is 0. The van der Waals surface area contributed by atoms with Crippen molar-refractivity contribution in [1.82, 2.24) is 0 Å². The second-order valence-electron chi connectivity index (χ2n) is 4.07. The van der Waals surface area contributed by atoms with Crippen molar-refractivity contribution in [3.05, 3.63) is 12.7 Å². The Hall–Kier alpha value is -0.990. The first kappa shape index (κ1) is 14.0. The summed E-state index contributed by atoms with van der Waals surface area (Å²) in [6.07, 6.45) is 5.30. The number of hydrogen-bond donors (Lipinski definition) is 0. The van der Waals surface area contributed by atoms with Gasteiger partial charge in [-0.2, -0.15) is 0 Å². The molecule has 0 aromatic rings. The van der Waals surface area contributed by atoms with Gasteiger partial charge in [-0.25, -0.2) is 4.79 Å². The molecular weight excluding hydrogens is 192 g/mol. The third-order valence-corrected chi connectivity index (χ3v) is 2.06. The van der Waals surface area contributed by atoms with Gasteiger partial charge in [0.05, 0.1) is 6.61 Å². The highest BCUT2D eigenvalue weighted by molar-refractivity contribution is 5.60. The molecule has 0 aromatic carbocycles. The van der Waals surface area contributed by atoms with Crippen LogP contribution in [0.15, 0.2) is 12.7 Å². The third-order valence-electron chi connectivity index (χ3n) is 2.06. The van der Waals surface area contributed by atoms with Crippen LogP contribution in [0.2, 0.25) is 0 Å². The Morgan fingerprint density at radius 3 is 2.53 bits per heavy atom. The molecule has 0 heterocycles. The molecule has 0 aliphatic carbocycles. The third kappa shape index (κ3) is 8.03. The molecule has 88 valence electrons. The summed E-state index contributed by atoms with van der Waals surface area (Å²) < 4.78 is 9.93. The SMILES string of the molecule is C=CC(C)(C)OC(=O)OCCCCCC. The number of ether oxygens (including phenoxy) is 2. The Balaban J connectivity index is 3.54. The van der Waals surface area contributed by atoms with Gasteiger partial charge in [-0.1, -0.05) is 32.8 Å². The molecule has 0 radical (unpaired) electrons. The van der Waals surface area contributed by atoms with Gasteiger partial charge in [-0.05, 0) is 26.3 Å². The van der Waals surface area contributed by atoms with E-state index in [0.717, 1.165) is 12.8 Å². The highest BCUT2D eigenvalue weighted by atomic mass is 16.7. The van der Waals surface area contributed by atoms with Crippen LogP contribution >= 0.6 is 0 Å². The lowest BCUT2D eigenvalue weighted by atomic mass is 10.1. The number of rotatable bonds is 7. The average molecular weight is 214 g/mol. The van der Waals surface area contributed by atoms with Gasteiger partial charge in [0.1, 0.15) is 5.60 Å². The maximum absolute atomic E-state index is 11.2. The highest BCUT2D eigenvalue weighted by Crippen LogP contribution is 2.11. The van der Waals surface area contributed by atoms with Crippen molar-refractivity contribution in [2.75, 3.05) is 6.61 Å². The minimum atomic E-state index is -0.652. The van der Waals surface area contributed by atoms with Crippen LogP contribution < -0.4 is 0 Å². The monoisotopic (exact) mass is 214 g/mol. The second-order valence-corrected chi connectivity index (χ2v) is 4.07. The van der Waals surface area contributed by atoms with E-state index >= 15 is 0 Å². The molecule has 0 saturated carbocycles. The summed E-state index contributed by atoms with van der Waals surface area (Å²) in [6, 6.07) is 0. The zero-order chi connectivity index (χ0) is 11.7. The Labute approximate surface area is 92.5 Å². The lowest BCUT2D eigenvalue weighted by Gasteiger charge is -2.19. The predicted molar refractivity (Wildman–Crippen MR) is 60.9 cm³/mol. The minimum Gasteiger partial charge on any atom is -0.434 e. The summed E-state index contributed by atoms with van der Waals surface area (Å²) in [7, 11) is 0. The molecular formula is C12H22O3. The second kappa shape index (κ2) is 7.32. The van der Waals surface area contributed by atoms with Crippen molar-refractivity contribution < 1.29 is 14.3 Å². The van der Waals surface area contributed by atoms with Gasteiger partial charge < -0.3 is 9.47 Å². The Kier molecular flexibility index (Phi) is 6.84. The van der Waals surface area contributed by atoms with Crippen LogP contribution in [0.1, 0.15) is 46.5 Å². The van der Waals surface area contributed by atoms with Crippen molar-refractivity contribution in [3.63, 3.8) is 0 Å². The van der Waals surface area contributed by atoms with Crippen molar-refractivity contribution >= 4 is 6.16 Å². The largest absolute Gasteiger partial charge is 0.509 e. The molecule has 0 N–H and O–H groups in total. The number of carbonyl (C=O) groups excluding carboxylic acids is 1. The van der Waals surface area contributed by atoms with E-state index in [1.165, 1.54) is 12.8 Å². The molecule has 0 aliphatic heterocycles. The van der Waals surface area contributed by atoms with Crippen LogP contribution in [-0.4, -0.2) is 18.4 Å². The summed E-state index contributed by atoms with van der Waals surface area (Å²) in [5.74, 6) is 0. The van der Waals surface area contributed by atoms with Gasteiger partial charge >= 0.3 is 6.16 Å². The first-order chi connectivity index (χ1) is 7.02. The van der Waals surface area contributed by atoms with Crippen LogP contribution in [0.5, 0.6) is 0 Å². The van der Waals surface area contributed by atoms with Gasteiger partial charge in [-0.3, -0.25) is 0 Å². The molecule has 15 heavy (non-hydrogen) atoms. The summed E-state index contributed by atoms with van der Waals surface area (Å²) in [5.41, 5.74) is -0.652. The molecule has 0 saturated heterocycles. The molecule has 0 aliphatic rings. The van der Waals surface area contributed by atoms with Gasteiger partial charge in [0.15, 0.2) is 0 Å². The lowest BCUT2D eigenvalue weighted by molar-refractivity contribution is 0.00532. The molecule has 0 aromatic heterocycles. The number of unbranched alkanes of at least 4 members (excludes halogenated alkanes) is 3. The topological polar surface area (TPSA) is 35.5 Å². The number of hydrogen-bond acceptors (Lipinski definition) is 3. The van der Waals surface area contributed by atoms with E-state index < -0.39 is 11.8 Å². The smallest absolute Gasteiger partial charge is 0.434 e. The number of carbonyl (C=O) groups is 1. The molecule has 3 nitrogen and oxygen atoms in total. The fourth-order valence-corrected chi connectivity index (χ4v) is 0.970. The zero-order valence-corrected chi connectivity index (χ0v) is 10.0. The van der Waals surface area contributed by atoms with E-state index in [1.807, 2.05) is 0 Å². The molecule has 3 heteroatoms. The summed E-state index contributed by atoms with van der Waals surface area (Å²) >= 11 is 0. The fraction of sp³-hybridized carbons (Fsp3) is 0.750. The van der Waals surface area contributed by atoms with E-state index in [4.69, 9.17) is 9.47 Å². The predicted octanol–water partition coefficient (Wildman–Crippen LogP) is 3.68. The van der Waals surface area contributed by atoms with E-state index in [0.29, 0.717) is 6.61 Å². The normalized spacial score (nSPS) is 10.9. The van der Waals surface area contributed by atoms with Crippen molar-refractivity contribution in [1.29, 1.82) is 0 Å². The standard InChI is InChI=1S/C12H22O3/c1-5-7-8-9-10-14-11(13)15-12(3,4)6-2/h6H,2,5,7-10H2,1,3-4H3. The van der Waals surface area contributed by atoms with Crippen LogP contribution in [0.4, 0.5) is 4.79 Å². The van der Waals surface area contributed by atoms with Gasteiger partial charge in [-0.15, -0.1) is 0 Å². The summed E-state index contributed by atoms with van der Waals surface area (Å²) in [4.78, 5) is 11.2. The van der Waals surface area contributed by atoms with Crippen LogP contribution in [0.25, 0.3) is 0 Å². The van der Waals surface area contributed by atoms with Crippen LogP contribution in [0, 0.1) is 0 Å². The van der Waals surface area contributed by atoms with E-state index in [2.05, 4.69) is 13.5 Å². The van der Waals surface area contributed by atoms with Gasteiger partial charge in [0.25, 0.3) is 0 Å². The van der Waals surface area contributed by atoms with E-state index in [1.54, 1.807) is 19.9 Å². The van der Waals surface area contributed by atoms with Crippen molar-refractivity contribution in [3.8, 4) is 0 Å².